The minimum absolute atomic E-state index is 0.494. The number of allylic oxidation sites excluding steroid dienone is 1. The van der Waals surface area contributed by atoms with E-state index in [1.165, 1.54) is 31.4 Å². The third kappa shape index (κ3) is 1.48. The third-order valence-electron chi connectivity index (χ3n) is 3.46. The van der Waals surface area contributed by atoms with Crippen molar-refractivity contribution in [3.05, 3.63) is 12.3 Å². The Morgan fingerprint density at radius 3 is 2.23 bits per heavy atom. The van der Waals surface area contributed by atoms with Crippen LogP contribution in [0.5, 0.6) is 0 Å². The molecule has 2 unspecified atom stereocenters. The SMILES string of the molecule is C=C(C)N1C2CCC1CC(OC)C2. The number of ether oxygens (including phenoxy) is 1. The lowest BCUT2D eigenvalue weighted by Crippen LogP contribution is -2.43. The second-order valence-corrected chi connectivity index (χ2v) is 4.36. The number of piperidine rings is 1. The molecule has 0 spiro atoms. The van der Waals surface area contributed by atoms with Crippen LogP contribution in [0.4, 0.5) is 0 Å². The molecule has 13 heavy (non-hydrogen) atoms. The topological polar surface area (TPSA) is 12.5 Å². The molecule has 2 aliphatic heterocycles. The molecule has 2 heterocycles. The molecule has 2 aliphatic rings. The number of hydrogen-bond acceptors (Lipinski definition) is 2. The second kappa shape index (κ2) is 3.33. The fraction of sp³-hybridized carbons (Fsp3) is 0.818. The molecule has 2 fully saturated rings. The Hall–Kier alpha value is -0.500. The van der Waals surface area contributed by atoms with Gasteiger partial charge in [-0.3, -0.25) is 0 Å². The van der Waals surface area contributed by atoms with Crippen LogP contribution in [-0.2, 0) is 4.74 Å². The Kier molecular flexibility index (Phi) is 2.33. The number of nitrogens with zero attached hydrogens (tertiary/aromatic N) is 1. The monoisotopic (exact) mass is 181 g/mol. The van der Waals surface area contributed by atoms with E-state index in [0.29, 0.717) is 18.2 Å². The Morgan fingerprint density at radius 2 is 1.85 bits per heavy atom. The van der Waals surface area contributed by atoms with Crippen molar-refractivity contribution in [2.75, 3.05) is 7.11 Å². The first-order valence-corrected chi connectivity index (χ1v) is 5.19. The molecule has 74 valence electrons. The fourth-order valence-corrected chi connectivity index (χ4v) is 2.94. The van der Waals surface area contributed by atoms with Gasteiger partial charge in [-0.2, -0.15) is 0 Å². The Balaban J connectivity index is 2.08. The van der Waals surface area contributed by atoms with Gasteiger partial charge in [0.2, 0.25) is 0 Å². The normalized spacial score (nSPS) is 38.0. The molecule has 0 N–H and O–H groups in total. The summed E-state index contributed by atoms with van der Waals surface area (Å²) in [6, 6.07) is 1.42. The number of rotatable bonds is 2. The number of hydrogen-bond donors (Lipinski definition) is 0. The molecule has 0 aliphatic carbocycles. The summed E-state index contributed by atoms with van der Waals surface area (Å²) in [6.07, 6.45) is 5.54. The van der Waals surface area contributed by atoms with Gasteiger partial charge in [0.15, 0.2) is 0 Å². The second-order valence-electron chi connectivity index (χ2n) is 4.36. The third-order valence-corrected chi connectivity index (χ3v) is 3.46. The van der Waals surface area contributed by atoms with Gasteiger partial charge in [-0.25, -0.2) is 0 Å². The molecular formula is C11H19NO. The highest BCUT2D eigenvalue weighted by atomic mass is 16.5. The van der Waals surface area contributed by atoms with Gasteiger partial charge in [0, 0.05) is 24.9 Å². The van der Waals surface area contributed by atoms with Crippen LogP contribution in [0.3, 0.4) is 0 Å². The highest BCUT2D eigenvalue weighted by molar-refractivity contribution is 5.05. The Morgan fingerprint density at radius 1 is 1.31 bits per heavy atom. The molecule has 0 radical (unpaired) electrons. The molecule has 2 rings (SSSR count). The number of methoxy groups -OCH3 is 1. The Labute approximate surface area is 80.6 Å². The summed E-state index contributed by atoms with van der Waals surface area (Å²) < 4.78 is 5.44. The minimum Gasteiger partial charge on any atom is -0.381 e. The lowest BCUT2D eigenvalue weighted by atomic mass is 9.99. The van der Waals surface area contributed by atoms with Gasteiger partial charge >= 0.3 is 0 Å². The zero-order valence-corrected chi connectivity index (χ0v) is 8.62. The van der Waals surface area contributed by atoms with Crippen LogP contribution < -0.4 is 0 Å². The van der Waals surface area contributed by atoms with Crippen molar-refractivity contribution in [2.45, 2.75) is 50.8 Å². The van der Waals surface area contributed by atoms with Crippen molar-refractivity contribution in [2.24, 2.45) is 0 Å². The maximum Gasteiger partial charge on any atom is 0.0610 e. The van der Waals surface area contributed by atoms with Crippen molar-refractivity contribution in [3.63, 3.8) is 0 Å². The van der Waals surface area contributed by atoms with Crippen molar-refractivity contribution in [1.82, 2.24) is 4.90 Å². The van der Waals surface area contributed by atoms with Gasteiger partial charge in [-0.15, -0.1) is 0 Å². The first-order chi connectivity index (χ1) is 6.22. The van der Waals surface area contributed by atoms with Gasteiger partial charge in [-0.05, 0) is 32.6 Å². The van der Waals surface area contributed by atoms with E-state index in [1.54, 1.807) is 0 Å². The van der Waals surface area contributed by atoms with E-state index in [0.717, 1.165) is 0 Å². The molecule has 0 saturated carbocycles. The average molecular weight is 181 g/mol. The van der Waals surface area contributed by atoms with Crippen molar-refractivity contribution in [1.29, 1.82) is 0 Å². The molecule has 2 heteroatoms. The van der Waals surface area contributed by atoms with E-state index in [1.807, 2.05) is 7.11 Å². The molecule has 0 amide bonds. The quantitative estimate of drug-likeness (QED) is 0.647. The fourth-order valence-electron chi connectivity index (χ4n) is 2.94. The molecule has 0 aromatic carbocycles. The van der Waals surface area contributed by atoms with E-state index >= 15 is 0 Å². The molecular weight excluding hydrogens is 162 g/mol. The molecule has 0 aromatic heterocycles. The lowest BCUT2D eigenvalue weighted by Gasteiger charge is -2.40. The first kappa shape index (κ1) is 9.07. The summed E-state index contributed by atoms with van der Waals surface area (Å²) in [5.41, 5.74) is 1.24. The highest BCUT2D eigenvalue weighted by Gasteiger charge is 2.40. The van der Waals surface area contributed by atoms with E-state index in [4.69, 9.17) is 4.74 Å². The van der Waals surface area contributed by atoms with E-state index in [9.17, 15) is 0 Å². The van der Waals surface area contributed by atoms with Crippen LogP contribution >= 0.6 is 0 Å². The van der Waals surface area contributed by atoms with E-state index < -0.39 is 0 Å². The summed E-state index contributed by atoms with van der Waals surface area (Å²) in [4.78, 5) is 2.51. The smallest absolute Gasteiger partial charge is 0.0610 e. The van der Waals surface area contributed by atoms with Crippen molar-refractivity contribution in [3.8, 4) is 0 Å². The van der Waals surface area contributed by atoms with Crippen molar-refractivity contribution >= 4 is 0 Å². The van der Waals surface area contributed by atoms with Gasteiger partial charge < -0.3 is 9.64 Å². The van der Waals surface area contributed by atoms with Gasteiger partial charge in [0.05, 0.1) is 6.10 Å². The standard InChI is InChI=1S/C11H19NO/c1-8(2)12-9-4-5-10(12)7-11(6-9)13-3/h9-11H,1,4-7H2,2-3H3. The van der Waals surface area contributed by atoms with E-state index in [-0.39, 0.29) is 0 Å². The molecule has 2 bridgehead atoms. The highest BCUT2D eigenvalue weighted by Crippen LogP contribution is 2.38. The van der Waals surface area contributed by atoms with Crippen LogP contribution in [0.2, 0.25) is 0 Å². The maximum absolute atomic E-state index is 5.44. The predicted octanol–water partition coefficient (Wildman–Crippen LogP) is 2.16. The summed E-state index contributed by atoms with van der Waals surface area (Å²) >= 11 is 0. The van der Waals surface area contributed by atoms with Gasteiger partial charge in [-0.1, -0.05) is 6.58 Å². The minimum atomic E-state index is 0.494. The zero-order chi connectivity index (χ0) is 9.42. The van der Waals surface area contributed by atoms with Crippen molar-refractivity contribution < 1.29 is 4.74 Å². The summed E-state index contributed by atoms with van der Waals surface area (Å²) in [7, 11) is 1.83. The maximum atomic E-state index is 5.44. The predicted molar refractivity (Wildman–Crippen MR) is 53.5 cm³/mol. The zero-order valence-electron chi connectivity index (χ0n) is 8.62. The largest absolute Gasteiger partial charge is 0.381 e. The summed E-state index contributed by atoms with van der Waals surface area (Å²) in [5, 5.41) is 0. The van der Waals surface area contributed by atoms with Crippen LogP contribution in [0.15, 0.2) is 12.3 Å². The van der Waals surface area contributed by atoms with Crippen LogP contribution in [0.1, 0.15) is 32.6 Å². The summed E-state index contributed by atoms with van der Waals surface area (Å²) in [5.74, 6) is 0. The van der Waals surface area contributed by atoms with E-state index in [2.05, 4.69) is 18.4 Å². The molecule has 2 saturated heterocycles. The lowest BCUT2D eigenvalue weighted by molar-refractivity contribution is 0.0195. The van der Waals surface area contributed by atoms with Crippen LogP contribution in [0, 0.1) is 0 Å². The summed E-state index contributed by atoms with van der Waals surface area (Å²) in [6.45, 7) is 6.18. The molecule has 2 nitrogen and oxygen atoms in total. The average Bonchev–Trinajstić information content (AvgIpc) is 2.37. The van der Waals surface area contributed by atoms with Crippen LogP contribution in [-0.4, -0.2) is 30.2 Å². The van der Waals surface area contributed by atoms with Crippen LogP contribution in [0.25, 0.3) is 0 Å². The first-order valence-electron chi connectivity index (χ1n) is 5.19. The molecule has 2 atom stereocenters. The van der Waals surface area contributed by atoms with Gasteiger partial charge in [0.25, 0.3) is 0 Å². The molecule has 0 aromatic rings. The number of fused-ring (bicyclic) bond motifs is 2. The van der Waals surface area contributed by atoms with Gasteiger partial charge in [0.1, 0.15) is 0 Å². The Bertz CT molecular complexity index is 200.